The van der Waals surface area contributed by atoms with Crippen LogP contribution in [0, 0.1) is 0 Å². The van der Waals surface area contributed by atoms with Crippen molar-refractivity contribution in [1.29, 1.82) is 0 Å². The third kappa shape index (κ3) is 4.62. The molecule has 2 aromatic heterocycles. The molecule has 8 aromatic carbocycles. The van der Waals surface area contributed by atoms with Gasteiger partial charge in [0.25, 0.3) is 0 Å². The molecule has 0 aliphatic carbocycles. The summed E-state index contributed by atoms with van der Waals surface area (Å²) in [7, 11) is 0. The molecule has 0 bridgehead atoms. The van der Waals surface area contributed by atoms with Crippen molar-refractivity contribution in [3.8, 4) is 22.3 Å². The molecule has 10 aromatic rings. The average Bonchev–Trinajstić information content (AvgIpc) is 3.74. The second kappa shape index (κ2) is 11.2. The van der Waals surface area contributed by atoms with Gasteiger partial charge in [-0.15, -0.1) is 11.3 Å². The minimum Gasteiger partial charge on any atom is -0.456 e. The summed E-state index contributed by atoms with van der Waals surface area (Å²) in [5.41, 5.74) is 9.93. The van der Waals surface area contributed by atoms with Gasteiger partial charge in [-0.1, -0.05) is 115 Å². The van der Waals surface area contributed by atoms with Gasteiger partial charge in [-0.2, -0.15) is 0 Å². The second-order valence-electron chi connectivity index (χ2n) is 12.5. The van der Waals surface area contributed by atoms with Crippen LogP contribution in [-0.4, -0.2) is 0 Å². The molecular formula is C46H29NOS. The number of rotatable bonds is 5. The van der Waals surface area contributed by atoms with E-state index in [4.69, 9.17) is 4.42 Å². The van der Waals surface area contributed by atoms with Gasteiger partial charge in [-0.3, -0.25) is 0 Å². The Morgan fingerprint density at radius 3 is 1.82 bits per heavy atom. The van der Waals surface area contributed by atoms with Crippen LogP contribution in [0.25, 0.3) is 75.1 Å². The van der Waals surface area contributed by atoms with Crippen molar-refractivity contribution < 1.29 is 4.42 Å². The zero-order chi connectivity index (χ0) is 32.3. The molecule has 2 heterocycles. The predicted octanol–water partition coefficient (Wildman–Crippen LogP) is 13.9. The van der Waals surface area contributed by atoms with Crippen LogP contribution in [0.3, 0.4) is 0 Å². The van der Waals surface area contributed by atoms with Crippen molar-refractivity contribution in [2.45, 2.75) is 0 Å². The molecule has 0 aliphatic heterocycles. The van der Waals surface area contributed by atoms with Gasteiger partial charge in [-0.25, -0.2) is 0 Å². The number of anilines is 3. The lowest BCUT2D eigenvalue weighted by molar-refractivity contribution is 0.669. The van der Waals surface area contributed by atoms with Gasteiger partial charge >= 0.3 is 0 Å². The van der Waals surface area contributed by atoms with Crippen molar-refractivity contribution in [3.63, 3.8) is 0 Å². The minimum absolute atomic E-state index is 0.882. The van der Waals surface area contributed by atoms with Crippen LogP contribution in [0.5, 0.6) is 0 Å². The molecule has 0 radical (unpaired) electrons. The average molecular weight is 644 g/mol. The lowest BCUT2D eigenvalue weighted by Crippen LogP contribution is -2.10. The second-order valence-corrected chi connectivity index (χ2v) is 13.6. The minimum atomic E-state index is 0.882. The van der Waals surface area contributed by atoms with Crippen molar-refractivity contribution >= 4 is 81.3 Å². The van der Waals surface area contributed by atoms with Crippen LogP contribution in [0.15, 0.2) is 180 Å². The number of fused-ring (bicyclic) bond motifs is 7. The normalized spacial score (nSPS) is 11.7. The summed E-state index contributed by atoms with van der Waals surface area (Å²) in [5.74, 6) is 0. The smallest absolute Gasteiger partial charge is 0.137 e. The Kier molecular flexibility index (Phi) is 6.39. The Hall–Kier alpha value is -6.16. The van der Waals surface area contributed by atoms with Crippen molar-refractivity contribution in [2.24, 2.45) is 0 Å². The monoisotopic (exact) mass is 643 g/mol. The number of hydrogen-bond donors (Lipinski definition) is 0. The van der Waals surface area contributed by atoms with Crippen molar-refractivity contribution in [2.75, 3.05) is 4.90 Å². The standard InChI is InChI=1S/C46H29NOS/c1-2-11-30(12-3-1)40-27-32-13-4-5-14-33(32)28-41(40)31-21-23-34(24-22-31)47(35-25-26-37-36-15-6-8-19-43(36)48-44(37)29-35)42-18-10-17-39-38-16-7-9-20-45(38)49-46(39)42/h1-29H. The molecule has 230 valence electrons. The Bertz CT molecular complexity index is 2830. The number of para-hydroxylation sites is 1. The van der Waals surface area contributed by atoms with Crippen LogP contribution in [0.4, 0.5) is 17.1 Å². The summed E-state index contributed by atoms with van der Waals surface area (Å²) >= 11 is 1.85. The molecule has 0 aliphatic rings. The molecule has 49 heavy (non-hydrogen) atoms. The molecule has 2 nitrogen and oxygen atoms in total. The van der Waals surface area contributed by atoms with Gasteiger partial charge in [0.05, 0.1) is 10.4 Å². The summed E-state index contributed by atoms with van der Waals surface area (Å²) in [4.78, 5) is 2.38. The van der Waals surface area contributed by atoms with E-state index in [9.17, 15) is 0 Å². The van der Waals surface area contributed by atoms with Crippen LogP contribution in [0.2, 0.25) is 0 Å². The van der Waals surface area contributed by atoms with E-state index < -0.39 is 0 Å². The number of furan rings is 1. The summed E-state index contributed by atoms with van der Waals surface area (Å²) in [6.07, 6.45) is 0. The highest BCUT2D eigenvalue weighted by atomic mass is 32.1. The predicted molar refractivity (Wildman–Crippen MR) is 210 cm³/mol. The first-order valence-corrected chi connectivity index (χ1v) is 17.4. The molecule has 0 spiro atoms. The quantitative estimate of drug-likeness (QED) is 0.186. The summed E-state index contributed by atoms with van der Waals surface area (Å²) in [6.45, 7) is 0. The molecule has 0 saturated carbocycles. The maximum Gasteiger partial charge on any atom is 0.137 e. The Labute approximate surface area is 287 Å². The van der Waals surface area contributed by atoms with Crippen LogP contribution >= 0.6 is 11.3 Å². The lowest BCUT2D eigenvalue weighted by atomic mass is 9.91. The molecule has 0 saturated heterocycles. The highest BCUT2D eigenvalue weighted by Crippen LogP contribution is 2.46. The van der Waals surface area contributed by atoms with Gasteiger partial charge in [0, 0.05) is 43.7 Å². The lowest BCUT2D eigenvalue weighted by Gasteiger charge is -2.26. The molecule has 0 amide bonds. The van der Waals surface area contributed by atoms with Crippen molar-refractivity contribution in [3.05, 3.63) is 176 Å². The largest absolute Gasteiger partial charge is 0.456 e. The third-order valence-corrected chi connectivity index (χ3v) is 10.9. The molecule has 3 heteroatoms. The molecule has 0 fully saturated rings. The maximum absolute atomic E-state index is 6.39. The fourth-order valence-electron chi connectivity index (χ4n) is 7.32. The Morgan fingerprint density at radius 2 is 1.02 bits per heavy atom. The van der Waals surface area contributed by atoms with E-state index in [-0.39, 0.29) is 0 Å². The first-order valence-electron chi connectivity index (χ1n) is 16.6. The van der Waals surface area contributed by atoms with Crippen LogP contribution in [0.1, 0.15) is 0 Å². The van der Waals surface area contributed by atoms with Gasteiger partial charge in [0.1, 0.15) is 11.2 Å². The number of thiophene rings is 1. The molecular weight excluding hydrogens is 615 g/mol. The highest BCUT2D eigenvalue weighted by Gasteiger charge is 2.20. The Morgan fingerprint density at radius 1 is 0.408 bits per heavy atom. The van der Waals surface area contributed by atoms with Crippen LogP contribution in [-0.2, 0) is 0 Å². The van der Waals surface area contributed by atoms with Gasteiger partial charge < -0.3 is 9.32 Å². The van der Waals surface area contributed by atoms with E-state index in [0.717, 1.165) is 39.0 Å². The van der Waals surface area contributed by atoms with E-state index in [0.29, 0.717) is 0 Å². The summed E-state index contributed by atoms with van der Waals surface area (Å²) in [6, 6.07) is 63.3. The molecule has 0 atom stereocenters. The summed E-state index contributed by atoms with van der Waals surface area (Å²) < 4.78 is 8.95. The first-order chi connectivity index (χ1) is 24.3. The van der Waals surface area contributed by atoms with Crippen LogP contribution < -0.4 is 4.90 Å². The third-order valence-electron chi connectivity index (χ3n) is 9.65. The fraction of sp³-hybridized carbons (Fsp3) is 0. The van der Waals surface area contributed by atoms with E-state index in [2.05, 4.69) is 169 Å². The van der Waals surface area contributed by atoms with E-state index in [1.807, 2.05) is 23.5 Å². The van der Waals surface area contributed by atoms with E-state index >= 15 is 0 Å². The highest BCUT2D eigenvalue weighted by molar-refractivity contribution is 7.26. The zero-order valence-corrected chi connectivity index (χ0v) is 27.3. The van der Waals surface area contributed by atoms with E-state index in [1.54, 1.807) is 0 Å². The zero-order valence-electron chi connectivity index (χ0n) is 26.5. The van der Waals surface area contributed by atoms with Gasteiger partial charge in [-0.05, 0) is 87.6 Å². The molecule has 10 rings (SSSR count). The topological polar surface area (TPSA) is 16.4 Å². The van der Waals surface area contributed by atoms with Gasteiger partial charge in [0.2, 0.25) is 0 Å². The molecule has 0 unspecified atom stereocenters. The number of benzene rings is 8. The number of nitrogens with zero attached hydrogens (tertiary/aromatic N) is 1. The van der Waals surface area contributed by atoms with Gasteiger partial charge in [0.15, 0.2) is 0 Å². The number of hydrogen-bond acceptors (Lipinski definition) is 3. The maximum atomic E-state index is 6.39. The SMILES string of the molecule is c1ccc(-c2cc3ccccc3cc2-c2ccc(N(c3ccc4c(c3)oc3ccccc34)c3cccc4c3sc3ccccc34)cc2)cc1. The van der Waals surface area contributed by atoms with E-state index in [1.165, 1.54) is 53.2 Å². The molecule has 0 N–H and O–H groups in total. The fourth-order valence-corrected chi connectivity index (χ4v) is 8.52. The van der Waals surface area contributed by atoms with Crippen molar-refractivity contribution in [1.82, 2.24) is 0 Å². The Balaban J connectivity index is 1.17. The first kappa shape index (κ1) is 27.9. The summed E-state index contributed by atoms with van der Waals surface area (Å²) in [5, 5.41) is 7.30.